The Morgan fingerprint density at radius 1 is 1.37 bits per heavy atom. The number of carbonyl (C=O) groups excluding carboxylic acids is 2. The number of amides is 1. The Morgan fingerprint density at radius 3 is 2.58 bits per heavy atom. The van der Waals surface area contributed by atoms with Gasteiger partial charge in [0.25, 0.3) is 0 Å². The van der Waals surface area contributed by atoms with Crippen LogP contribution in [0.4, 0.5) is 0 Å². The Morgan fingerprint density at radius 2 is 2.00 bits per heavy atom. The minimum absolute atomic E-state index is 0.138. The van der Waals surface area contributed by atoms with Gasteiger partial charge in [-0.2, -0.15) is 0 Å². The number of ether oxygens (including phenoxy) is 1. The van der Waals surface area contributed by atoms with E-state index >= 15 is 0 Å². The smallest absolute Gasteiger partial charge is 0.318 e. The number of esters is 1. The highest BCUT2D eigenvalue weighted by Gasteiger charge is 2.48. The largest absolute Gasteiger partial charge is 0.468 e. The van der Waals surface area contributed by atoms with Crippen LogP contribution in [0.5, 0.6) is 0 Å². The van der Waals surface area contributed by atoms with Gasteiger partial charge in [0.05, 0.1) is 7.11 Å². The van der Waals surface area contributed by atoms with Crippen LogP contribution in [0, 0.1) is 5.92 Å². The molecule has 19 heavy (non-hydrogen) atoms. The highest BCUT2D eigenvalue weighted by molar-refractivity contribution is 5.99. The van der Waals surface area contributed by atoms with Crippen LogP contribution in [-0.4, -0.2) is 29.4 Å². The highest BCUT2D eigenvalue weighted by atomic mass is 16.5. The predicted molar refractivity (Wildman–Crippen MR) is 71.2 cm³/mol. The molecule has 0 spiro atoms. The molecular weight excluding hydrogens is 242 g/mol. The maximum Gasteiger partial charge on any atom is 0.318 e. The summed E-state index contributed by atoms with van der Waals surface area (Å²) in [5, 5.41) is 0. The molecule has 1 unspecified atom stereocenters. The number of hydrogen-bond donors (Lipinski definition) is 0. The molecule has 1 heterocycles. The van der Waals surface area contributed by atoms with Crippen LogP contribution in [0.25, 0.3) is 0 Å². The van der Waals surface area contributed by atoms with Crippen molar-refractivity contribution in [3.05, 3.63) is 35.9 Å². The van der Waals surface area contributed by atoms with E-state index in [4.69, 9.17) is 4.74 Å². The zero-order valence-corrected chi connectivity index (χ0v) is 11.6. The van der Waals surface area contributed by atoms with E-state index in [1.165, 1.54) is 7.11 Å². The molecule has 1 atom stereocenters. The number of carbonyl (C=O) groups is 2. The minimum atomic E-state index is -0.663. The van der Waals surface area contributed by atoms with Crippen molar-refractivity contribution in [3.8, 4) is 0 Å². The zero-order chi connectivity index (χ0) is 14.0. The van der Waals surface area contributed by atoms with Crippen molar-refractivity contribution in [1.29, 1.82) is 0 Å². The van der Waals surface area contributed by atoms with Gasteiger partial charge in [-0.25, -0.2) is 0 Å². The van der Waals surface area contributed by atoms with Crippen LogP contribution in [0.1, 0.15) is 25.8 Å². The van der Waals surface area contributed by atoms with E-state index in [1.54, 1.807) is 4.90 Å². The van der Waals surface area contributed by atoms with Gasteiger partial charge in [0.2, 0.25) is 5.91 Å². The first-order valence-electron chi connectivity index (χ1n) is 6.39. The molecule has 0 radical (unpaired) electrons. The lowest BCUT2D eigenvalue weighted by Gasteiger charge is -2.31. The van der Waals surface area contributed by atoms with Gasteiger partial charge in [0.1, 0.15) is 5.92 Å². The summed E-state index contributed by atoms with van der Waals surface area (Å²) in [4.78, 5) is 25.8. The normalized spacial score (nSPS) is 21.5. The lowest BCUT2D eigenvalue weighted by atomic mass is 9.96. The summed E-state index contributed by atoms with van der Waals surface area (Å²) in [6.07, 6.45) is 0.505. The number of hydrogen-bond acceptors (Lipinski definition) is 3. The molecule has 0 aliphatic carbocycles. The average Bonchev–Trinajstić information content (AvgIpc) is 2.63. The van der Waals surface area contributed by atoms with E-state index in [-0.39, 0.29) is 11.4 Å². The Kier molecular flexibility index (Phi) is 3.60. The Balaban J connectivity index is 2.20. The fourth-order valence-electron chi connectivity index (χ4n) is 2.57. The predicted octanol–water partition coefficient (Wildman–Crippen LogP) is 1.99. The Bertz CT molecular complexity index is 481. The molecular formula is C15H19NO3. The molecule has 0 bridgehead atoms. The first-order valence-corrected chi connectivity index (χ1v) is 6.39. The van der Waals surface area contributed by atoms with Crippen molar-refractivity contribution in [3.63, 3.8) is 0 Å². The maximum absolute atomic E-state index is 12.4. The summed E-state index contributed by atoms with van der Waals surface area (Å²) in [7, 11) is 1.32. The van der Waals surface area contributed by atoms with E-state index < -0.39 is 11.9 Å². The molecule has 102 valence electrons. The van der Waals surface area contributed by atoms with Crippen molar-refractivity contribution >= 4 is 11.9 Å². The minimum Gasteiger partial charge on any atom is -0.468 e. The topological polar surface area (TPSA) is 46.6 Å². The van der Waals surface area contributed by atoms with Crippen LogP contribution < -0.4 is 0 Å². The lowest BCUT2D eigenvalue weighted by Crippen LogP contribution is -2.40. The van der Waals surface area contributed by atoms with E-state index in [0.717, 1.165) is 5.56 Å². The highest BCUT2D eigenvalue weighted by Crippen LogP contribution is 2.35. The third-order valence-electron chi connectivity index (χ3n) is 3.67. The van der Waals surface area contributed by atoms with E-state index in [0.29, 0.717) is 13.0 Å². The second kappa shape index (κ2) is 5.03. The molecule has 0 saturated carbocycles. The van der Waals surface area contributed by atoms with Gasteiger partial charge in [-0.15, -0.1) is 0 Å². The molecule has 1 aliphatic heterocycles. The summed E-state index contributed by atoms with van der Waals surface area (Å²) < 4.78 is 4.71. The third kappa shape index (κ3) is 2.62. The number of nitrogens with zero attached hydrogens (tertiary/aromatic N) is 1. The van der Waals surface area contributed by atoms with Crippen LogP contribution >= 0.6 is 0 Å². The summed E-state index contributed by atoms with van der Waals surface area (Å²) in [6, 6.07) is 9.79. The van der Waals surface area contributed by atoms with Gasteiger partial charge in [-0.1, -0.05) is 30.3 Å². The molecule has 0 N–H and O–H groups in total. The second-order valence-corrected chi connectivity index (χ2v) is 5.50. The SMILES string of the molecule is COC(=O)C1CC(C)(C)N(Cc2ccccc2)C1=O. The Hall–Kier alpha value is -1.84. The van der Waals surface area contributed by atoms with Crippen molar-refractivity contribution in [1.82, 2.24) is 4.90 Å². The van der Waals surface area contributed by atoms with Gasteiger partial charge in [0.15, 0.2) is 0 Å². The van der Waals surface area contributed by atoms with Gasteiger partial charge < -0.3 is 9.64 Å². The summed E-state index contributed by atoms with van der Waals surface area (Å²) in [5.74, 6) is -1.24. The first kappa shape index (κ1) is 13.6. The van der Waals surface area contributed by atoms with Gasteiger partial charge in [-0.05, 0) is 25.8 Å². The van der Waals surface area contributed by atoms with E-state index in [1.807, 2.05) is 44.2 Å². The monoisotopic (exact) mass is 261 g/mol. The standard InChI is InChI=1S/C15H19NO3/c1-15(2)9-12(14(18)19-3)13(17)16(15)10-11-7-5-4-6-8-11/h4-8,12H,9-10H2,1-3H3. The molecule has 4 heteroatoms. The van der Waals surface area contributed by atoms with Crippen LogP contribution in [0.2, 0.25) is 0 Å². The number of rotatable bonds is 3. The molecule has 1 aromatic rings. The van der Waals surface area contributed by atoms with E-state index in [2.05, 4.69) is 0 Å². The number of likely N-dealkylation sites (tertiary alicyclic amines) is 1. The van der Waals surface area contributed by atoms with Gasteiger partial charge >= 0.3 is 5.97 Å². The fourth-order valence-corrected chi connectivity index (χ4v) is 2.57. The van der Waals surface area contributed by atoms with Crippen LogP contribution in [-0.2, 0) is 20.9 Å². The van der Waals surface area contributed by atoms with Gasteiger partial charge in [0, 0.05) is 12.1 Å². The molecule has 1 aliphatic rings. The van der Waals surface area contributed by atoms with Crippen LogP contribution in [0.15, 0.2) is 30.3 Å². The number of benzene rings is 1. The zero-order valence-electron chi connectivity index (χ0n) is 11.6. The summed E-state index contributed by atoms with van der Waals surface area (Å²) in [6.45, 7) is 4.49. The summed E-state index contributed by atoms with van der Waals surface area (Å²) in [5.41, 5.74) is 0.737. The van der Waals surface area contributed by atoms with E-state index in [9.17, 15) is 9.59 Å². The van der Waals surface area contributed by atoms with Crippen LogP contribution in [0.3, 0.4) is 0 Å². The third-order valence-corrected chi connectivity index (χ3v) is 3.67. The maximum atomic E-state index is 12.4. The first-order chi connectivity index (χ1) is 8.95. The average molecular weight is 261 g/mol. The Labute approximate surface area is 113 Å². The van der Waals surface area contributed by atoms with Crippen molar-refractivity contribution in [2.24, 2.45) is 5.92 Å². The molecule has 2 rings (SSSR count). The molecule has 0 aromatic heterocycles. The molecule has 1 aromatic carbocycles. The molecule has 1 saturated heterocycles. The number of methoxy groups -OCH3 is 1. The van der Waals surface area contributed by atoms with Crippen molar-refractivity contribution in [2.75, 3.05) is 7.11 Å². The molecule has 1 fully saturated rings. The molecule has 4 nitrogen and oxygen atoms in total. The fraction of sp³-hybridized carbons (Fsp3) is 0.467. The second-order valence-electron chi connectivity index (χ2n) is 5.50. The van der Waals surface area contributed by atoms with Gasteiger partial charge in [-0.3, -0.25) is 9.59 Å². The lowest BCUT2D eigenvalue weighted by molar-refractivity contribution is -0.150. The molecule has 1 amide bonds. The summed E-state index contributed by atoms with van der Waals surface area (Å²) >= 11 is 0. The van der Waals surface area contributed by atoms with Crippen molar-refractivity contribution < 1.29 is 14.3 Å². The van der Waals surface area contributed by atoms with Crippen molar-refractivity contribution in [2.45, 2.75) is 32.4 Å². The quantitative estimate of drug-likeness (QED) is 0.617.